The number of fused-ring (bicyclic) bond motifs is 4. The van der Waals surface area contributed by atoms with E-state index in [0.717, 1.165) is 72.5 Å². The molecular formula is C49H35FN4O. The molecule has 0 amide bonds. The maximum absolute atomic E-state index is 15.3. The Morgan fingerprint density at radius 2 is 1.20 bits per heavy atom. The van der Waals surface area contributed by atoms with E-state index in [1.165, 1.54) is 6.07 Å². The van der Waals surface area contributed by atoms with Crippen LogP contribution < -0.4 is 14.5 Å². The van der Waals surface area contributed by atoms with Gasteiger partial charge in [0.15, 0.2) is 0 Å². The minimum Gasteiger partial charge on any atom is -0.457 e. The summed E-state index contributed by atoms with van der Waals surface area (Å²) in [6.45, 7) is 2.52. The predicted molar refractivity (Wildman–Crippen MR) is 223 cm³/mol. The second-order valence-corrected chi connectivity index (χ2v) is 13.9. The van der Waals surface area contributed by atoms with E-state index in [9.17, 15) is 0 Å². The minimum atomic E-state index is -0.262. The van der Waals surface area contributed by atoms with Crippen molar-refractivity contribution < 1.29 is 9.13 Å². The van der Waals surface area contributed by atoms with Crippen LogP contribution in [0, 0.1) is 12.7 Å². The molecule has 0 N–H and O–H groups in total. The zero-order valence-corrected chi connectivity index (χ0v) is 30.1. The van der Waals surface area contributed by atoms with E-state index >= 15 is 4.39 Å². The molecule has 55 heavy (non-hydrogen) atoms. The van der Waals surface area contributed by atoms with Crippen molar-refractivity contribution in [2.75, 3.05) is 16.5 Å². The fourth-order valence-corrected chi connectivity index (χ4v) is 7.91. The number of nitrogens with zero attached hydrogens (tertiary/aromatic N) is 4. The number of anilines is 4. The number of pyridine rings is 1. The Labute approximate surface area is 318 Å². The first kappa shape index (κ1) is 32.5. The van der Waals surface area contributed by atoms with Crippen LogP contribution in [0.4, 0.5) is 27.1 Å². The van der Waals surface area contributed by atoms with Crippen molar-refractivity contribution in [2.45, 2.75) is 6.92 Å². The molecule has 10 rings (SSSR count). The van der Waals surface area contributed by atoms with E-state index in [1.807, 2.05) is 59.6 Å². The van der Waals surface area contributed by atoms with Gasteiger partial charge in [0.05, 0.1) is 28.1 Å². The summed E-state index contributed by atoms with van der Waals surface area (Å²) in [5.74, 6) is 1.99. The molecule has 0 unspecified atom stereocenters. The van der Waals surface area contributed by atoms with Crippen LogP contribution in [-0.2, 0) is 0 Å². The monoisotopic (exact) mass is 714 g/mol. The van der Waals surface area contributed by atoms with Crippen LogP contribution in [0.2, 0.25) is 0 Å². The van der Waals surface area contributed by atoms with E-state index in [0.29, 0.717) is 23.9 Å². The maximum Gasteiger partial charge on any atom is 0.146 e. The number of halogens is 1. The molecule has 3 heterocycles. The van der Waals surface area contributed by atoms with Gasteiger partial charge in [0.25, 0.3) is 0 Å². The molecule has 0 spiro atoms. The van der Waals surface area contributed by atoms with Crippen molar-refractivity contribution in [3.8, 4) is 39.6 Å². The number of para-hydroxylation sites is 4. The third-order valence-corrected chi connectivity index (χ3v) is 10.4. The SMILES string of the molecule is Cc1ccnc(-n2c3ccccc3c3ccc(Oc4cc(-c5ccccc5-c5ccccc5)cc(N5CN(c6ccccc6F)c6ccccc65)c4)cc32)c1. The van der Waals surface area contributed by atoms with Gasteiger partial charge in [-0.2, -0.15) is 0 Å². The van der Waals surface area contributed by atoms with Crippen molar-refractivity contribution in [1.82, 2.24) is 9.55 Å². The first-order valence-corrected chi connectivity index (χ1v) is 18.4. The van der Waals surface area contributed by atoms with E-state index in [1.54, 1.807) is 6.07 Å². The Hall–Kier alpha value is -7.18. The van der Waals surface area contributed by atoms with Crippen molar-refractivity contribution in [2.24, 2.45) is 0 Å². The summed E-state index contributed by atoms with van der Waals surface area (Å²) >= 11 is 0. The lowest BCUT2D eigenvalue weighted by Gasteiger charge is -2.24. The van der Waals surface area contributed by atoms with Crippen LogP contribution in [0.1, 0.15) is 5.56 Å². The third-order valence-electron chi connectivity index (χ3n) is 10.4. The number of hydrogen-bond acceptors (Lipinski definition) is 4. The Bertz CT molecular complexity index is 2880. The molecule has 0 bridgehead atoms. The number of aryl methyl sites for hydroxylation is 1. The zero-order chi connectivity index (χ0) is 36.9. The first-order valence-electron chi connectivity index (χ1n) is 18.4. The molecule has 0 saturated heterocycles. The molecule has 2 aromatic heterocycles. The predicted octanol–water partition coefficient (Wildman–Crippen LogP) is 13.0. The highest BCUT2D eigenvalue weighted by Crippen LogP contribution is 2.47. The Kier molecular flexibility index (Phi) is 7.88. The molecule has 0 fully saturated rings. The molecule has 1 aliphatic rings. The number of aromatic nitrogens is 2. The number of rotatable bonds is 7. The van der Waals surface area contributed by atoms with Crippen LogP contribution in [0.3, 0.4) is 0 Å². The van der Waals surface area contributed by atoms with E-state index in [4.69, 9.17) is 9.72 Å². The van der Waals surface area contributed by atoms with Crippen molar-refractivity contribution in [3.63, 3.8) is 0 Å². The molecule has 0 saturated carbocycles. The van der Waals surface area contributed by atoms with Gasteiger partial charge >= 0.3 is 0 Å². The van der Waals surface area contributed by atoms with Gasteiger partial charge in [-0.25, -0.2) is 9.37 Å². The largest absolute Gasteiger partial charge is 0.457 e. The standard InChI is InChI=1S/C49H35FN4O/c1-33-25-26-51-49(27-33)54-44-19-9-7-17-41(44)42-24-23-37(31-48(42)54)55-38-29-35(40-16-6-5-15-39(40)34-13-3-2-4-14-34)28-36(30-38)52-32-53(45-20-10-8-18-43(45)50)47-22-12-11-21-46(47)52/h2-31H,32H2,1H3. The molecule has 1 aliphatic heterocycles. The average molecular weight is 715 g/mol. The van der Waals surface area contributed by atoms with Gasteiger partial charge < -0.3 is 14.5 Å². The Morgan fingerprint density at radius 1 is 0.527 bits per heavy atom. The third kappa shape index (κ3) is 5.76. The molecule has 5 nitrogen and oxygen atoms in total. The van der Waals surface area contributed by atoms with Gasteiger partial charge in [-0.3, -0.25) is 4.57 Å². The molecule has 0 aliphatic carbocycles. The zero-order valence-electron chi connectivity index (χ0n) is 30.1. The summed E-state index contributed by atoms with van der Waals surface area (Å²) in [6, 6.07) is 59.3. The van der Waals surface area contributed by atoms with E-state index in [2.05, 4.69) is 132 Å². The van der Waals surface area contributed by atoms with Crippen LogP contribution in [0.15, 0.2) is 182 Å². The molecule has 9 aromatic rings. The minimum absolute atomic E-state index is 0.262. The molecule has 0 atom stereocenters. The highest BCUT2D eigenvalue weighted by Gasteiger charge is 2.30. The summed E-state index contributed by atoms with van der Waals surface area (Å²) in [5, 5.41) is 2.28. The van der Waals surface area contributed by atoms with Gasteiger partial charge in [0.1, 0.15) is 29.8 Å². The number of ether oxygens (including phenoxy) is 1. The topological polar surface area (TPSA) is 33.5 Å². The smallest absolute Gasteiger partial charge is 0.146 e. The van der Waals surface area contributed by atoms with Gasteiger partial charge in [-0.1, -0.05) is 97.1 Å². The van der Waals surface area contributed by atoms with Gasteiger partial charge in [-0.15, -0.1) is 0 Å². The van der Waals surface area contributed by atoms with E-state index in [-0.39, 0.29) is 5.82 Å². The first-order chi connectivity index (χ1) is 27.1. The van der Waals surface area contributed by atoms with Crippen molar-refractivity contribution in [1.29, 1.82) is 0 Å². The second kappa shape index (κ2) is 13.3. The summed E-state index contributed by atoms with van der Waals surface area (Å²) in [6.07, 6.45) is 1.86. The highest BCUT2D eigenvalue weighted by molar-refractivity contribution is 6.09. The van der Waals surface area contributed by atoms with Crippen LogP contribution in [-0.4, -0.2) is 16.2 Å². The molecule has 264 valence electrons. The maximum atomic E-state index is 15.3. The number of hydrogen-bond donors (Lipinski definition) is 0. The summed E-state index contributed by atoms with van der Waals surface area (Å²) in [4.78, 5) is 9.03. The summed E-state index contributed by atoms with van der Waals surface area (Å²) in [7, 11) is 0. The lowest BCUT2D eigenvalue weighted by atomic mass is 9.94. The molecule has 7 aromatic carbocycles. The van der Waals surface area contributed by atoms with Crippen LogP contribution in [0.5, 0.6) is 11.5 Å². The van der Waals surface area contributed by atoms with Crippen molar-refractivity contribution >= 4 is 44.6 Å². The molecular weight excluding hydrogens is 680 g/mol. The highest BCUT2D eigenvalue weighted by atomic mass is 19.1. The van der Waals surface area contributed by atoms with E-state index < -0.39 is 0 Å². The van der Waals surface area contributed by atoms with Gasteiger partial charge in [0, 0.05) is 34.8 Å². The summed E-state index contributed by atoms with van der Waals surface area (Å²) < 4.78 is 24.4. The fraction of sp³-hybridized carbons (Fsp3) is 0.0408. The lowest BCUT2D eigenvalue weighted by molar-refractivity contribution is 0.483. The normalized spacial score (nSPS) is 12.4. The van der Waals surface area contributed by atoms with Gasteiger partial charge in [0.2, 0.25) is 0 Å². The average Bonchev–Trinajstić information content (AvgIpc) is 3.77. The second-order valence-electron chi connectivity index (χ2n) is 13.9. The quantitative estimate of drug-likeness (QED) is 0.165. The van der Waals surface area contributed by atoms with Crippen LogP contribution >= 0.6 is 0 Å². The molecule has 6 heteroatoms. The summed E-state index contributed by atoms with van der Waals surface area (Å²) in [5.41, 5.74) is 11.0. The molecule has 0 radical (unpaired) electrons. The van der Waals surface area contributed by atoms with Crippen molar-refractivity contribution in [3.05, 3.63) is 194 Å². The Morgan fingerprint density at radius 3 is 2.00 bits per heavy atom. The Balaban J connectivity index is 1.13. The van der Waals surface area contributed by atoms with Crippen LogP contribution in [0.25, 0.3) is 49.9 Å². The lowest BCUT2D eigenvalue weighted by Crippen LogP contribution is -2.24. The fourth-order valence-electron chi connectivity index (χ4n) is 7.91. The number of benzene rings is 7. The van der Waals surface area contributed by atoms with Gasteiger partial charge in [-0.05, 0) is 101 Å².